The van der Waals surface area contributed by atoms with Gasteiger partial charge in [-0.15, -0.1) is 0 Å². The van der Waals surface area contributed by atoms with E-state index < -0.39 is 16.0 Å². The van der Waals surface area contributed by atoms with E-state index in [2.05, 4.69) is 4.99 Å². The van der Waals surface area contributed by atoms with Crippen LogP contribution in [0, 0.1) is 11.3 Å². The number of hydrogen-bond acceptors (Lipinski definition) is 6. The fourth-order valence-electron chi connectivity index (χ4n) is 2.83. The Morgan fingerprint density at radius 1 is 1.07 bits per heavy atom. The lowest BCUT2D eigenvalue weighted by Gasteiger charge is -2.18. The first-order valence-corrected chi connectivity index (χ1v) is 10.5. The fourth-order valence-corrected chi connectivity index (χ4v) is 4.28. The third-order valence-corrected chi connectivity index (χ3v) is 6.47. The topological polar surface area (TPSA) is 99.8 Å². The van der Waals surface area contributed by atoms with E-state index in [1.807, 2.05) is 6.07 Å². The van der Waals surface area contributed by atoms with Gasteiger partial charge in [-0.1, -0.05) is 26.0 Å². The van der Waals surface area contributed by atoms with Crippen LogP contribution in [0.5, 0.6) is 0 Å². The van der Waals surface area contributed by atoms with Crippen molar-refractivity contribution in [1.29, 1.82) is 5.26 Å². The number of benzene rings is 2. The molecule has 0 fully saturated rings. The second-order valence-electron chi connectivity index (χ2n) is 6.18. The number of aliphatic imine (C=N–C) groups is 1. The molecule has 29 heavy (non-hydrogen) atoms. The van der Waals surface area contributed by atoms with E-state index in [9.17, 15) is 13.2 Å². The summed E-state index contributed by atoms with van der Waals surface area (Å²) in [6.07, 6.45) is 1.57. The molecule has 0 spiro atoms. The molecule has 1 heterocycles. The van der Waals surface area contributed by atoms with Crippen molar-refractivity contribution in [3.05, 3.63) is 70.9 Å². The lowest BCUT2D eigenvalue weighted by atomic mass is 10.1. The summed E-state index contributed by atoms with van der Waals surface area (Å²) in [6.45, 7) is 4.33. The Bertz CT molecular complexity index is 1120. The molecule has 0 saturated carbocycles. The Morgan fingerprint density at radius 2 is 1.69 bits per heavy atom. The predicted octanol–water partition coefficient (Wildman–Crippen LogP) is 2.93. The Balaban J connectivity index is 1.86. The van der Waals surface area contributed by atoms with Gasteiger partial charge in [-0.3, -0.25) is 0 Å². The van der Waals surface area contributed by atoms with Crippen LogP contribution in [0.1, 0.15) is 30.5 Å². The largest absolute Gasteiger partial charge is 0.402 e. The van der Waals surface area contributed by atoms with Gasteiger partial charge in [0, 0.05) is 18.7 Å². The molecule has 0 bridgehead atoms. The van der Waals surface area contributed by atoms with Crippen LogP contribution in [0.4, 0.5) is 0 Å². The maximum Gasteiger partial charge on any atom is 0.363 e. The Morgan fingerprint density at radius 3 is 2.24 bits per heavy atom. The lowest BCUT2D eigenvalue weighted by Crippen LogP contribution is -2.30. The van der Waals surface area contributed by atoms with Crippen LogP contribution in [0.3, 0.4) is 0 Å². The summed E-state index contributed by atoms with van der Waals surface area (Å²) < 4.78 is 31.7. The zero-order valence-corrected chi connectivity index (χ0v) is 16.8. The number of hydrogen-bond donors (Lipinski definition) is 0. The van der Waals surface area contributed by atoms with Gasteiger partial charge in [0.2, 0.25) is 15.9 Å². The molecular formula is C21H19N3O4S. The molecule has 2 aromatic carbocycles. The molecule has 1 aliphatic heterocycles. The molecular weight excluding hydrogens is 390 g/mol. The highest BCUT2D eigenvalue weighted by Gasteiger charge is 2.26. The van der Waals surface area contributed by atoms with Crippen molar-refractivity contribution >= 4 is 28.0 Å². The van der Waals surface area contributed by atoms with Gasteiger partial charge < -0.3 is 4.74 Å². The summed E-state index contributed by atoms with van der Waals surface area (Å²) in [5.41, 5.74) is 1.86. The smallest absolute Gasteiger partial charge is 0.363 e. The van der Waals surface area contributed by atoms with Crippen LogP contribution in [-0.2, 0) is 19.6 Å². The highest BCUT2D eigenvalue weighted by atomic mass is 32.2. The maximum atomic E-state index is 12.6. The Labute approximate surface area is 169 Å². The van der Waals surface area contributed by atoms with E-state index in [4.69, 9.17) is 10.00 Å². The van der Waals surface area contributed by atoms with Crippen LogP contribution in [0.15, 0.2) is 64.1 Å². The van der Waals surface area contributed by atoms with Gasteiger partial charge in [-0.25, -0.2) is 18.2 Å². The highest BCUT2D eigenvalue weighted by molar-refractivity contribution is 7.89. The SMILES string of the molecule is CCN(CC)S(=O)(=O)c1ccc(C2=N/C(=C\c3ccc(C#N)cc3)C(=O)O2)cc1. The van der Waals surface area contributed by atoms with Gasteiger partial charge in [-0.05, 0) is 48.0 Å². The average molecular weight is 409 g/mol. The molecule has 0 aliphatic carbocycles. The van der Waals surface area contributed by atoms with Crippen molar-refractivity contribution in [3.63, 3.8) is 0 Å². The molecule has 8 heteroatoms. The van der Waals surface area contributed by atoms with Crippen LogP contribution < -0.4 is 0 Å². The van der Waals surface area contributed by atoms with Crippen LogP contribution in [-0.4, -0.2) is 37.7 Å². The molecule has 1 aliphatic rings. The molecule has 0 saturated heterocycles. The number of carbonyl (C=O) groups is 1. The van der Waals surface area contributed by atoms with Gasteiger partial charge in [0.1, 0.15) is 0 Å². The first-order chi connectivity index (χ1) is 13.9. The monoisotopic (exact) mass is 409 g/mol. The van der Waals surface area contributed by atoms with E-state index in [0.29, 0.717) is 29.8 Å². The average Bonchev–Trinajstić information content (AvgIpc) is 3.09. The number of cyclic esters (lactones) is 1. The standard InChI is InChI=1S/C21H19N3O4S/c1-3-24(4-2)29(26,27)18-11-9-17(10-12-18)20-23-19(21(25)28-20)13-15-5-7-16(14-22)8-6-15/h5-13H,3-4H2,1-2H3/b19-13-. The molecule has 0 N–H and O–H groups in total. The number of rotatable bonds is 6. The normalized spacial score (nSPS) is 15.3. The van der Waals surface area contributed by atoms with Crippen molar-refractivity contribution in [1.82, 2.24) is 4.31 Å². The minimum absolute atomic E-state index is 0.113. The maximum absolute atomic E-state index is 12.6. The Hall–Kier alpha value is -3.28. The number of nitrogens with zero attached hydrogens (tertiary/aromatic N) is 3. The van der Waals surface area contributed by atoms with Gasteiger partial charge in [0.25, 0.3) is 0 Å². The van der Waals surface area contributed by atoms with Crippen molar-refractivity contribution in [2.75, 3.05) is 13.1 Å². The lowest BCUT2D eigenvalue weighted by molar-refractivity contribution is -0.129. The molecule has 0 amide bonds. The summed E-state index contributed by atoms with van der Waals surface area (Å²) in [7, 11) is -3.56. The first-order valence-electron chi connectivity index (χ1n) is 9.02. The molecule has 148 valence electrons. The third-order valence-electron chi connectivity index (χ3n) is 4.41. The van der Waals surface area contributed by atoms with Crippen LogP contribution >= 0.6 is 0 Å². The quantitative estimate of drug-likeness (QED) is 0.539. The van der Waals surface area contributed by atoms with Crippen molar-refractivity contribution in [3.8, 4) is 6.07 Å². The minimum atomic E-state index is -3.56. The second kappa shape index (κ2) is 8.39. The highest BCUT2D eigenvalue weighted by Crippen LogP contribution is 2.21. The van der Waals surface area contributed by atoms with Crippen molar-refractivity contribution in [2.45, 2.75) is 18.7 Å². The number of sulfonamides is 1. The number of ether oxygens (including phenoxy) is 1. The zero-order valence-electron chi connectivity index (χ0n) is 16.0. The molecule has 0 radical (unpaired) electrons. The molecule has 7 nitrogen and oxygen atoms in total. The first kappa shape index (κ1) is 20.5. The molecule has 0 aromatic heterocycles. The van der Waals surface area contributed by atoms with E-state index in [0.717, 1.165) is 0 Å². The third kappa shape index (κ3) is 4.26. The van der Waals surface area contributed by atoms with Crippen LogP contribution in [0.25, 0.3) is 6.08 Å². The summed E-state index contributed by atoms with van der Waals surface area (Å²) >= 11 is 0. The molecule has 2 aromatic rings. The number of nitriles is 1. The summed E-state index contributed by atoms with van der Waals surface area (Å²) in [5.74, 6) is -0.481. The van der Waals surface area contributed by atoms with Gasteiger partial charge in [0.05, 0.1) is 16.5 Å². The van der Waals surface area contributed by atoms with Gasteiger partial charge >= 0.3 is 5.97 Å². The van der Waals surface area contributed by atoms with Crippen LogP contribution in [0.2, 0.25) is 0 Å². The number of carbonyl (C=O) groups excluding carboxylic acids is 1. The minimum Gasteiger partial charge on any atom is -0.402 e. The second-order valence-corrected chi connectivity index (χ2v) is 8.12. The van der Waals surface area contributed by atoms with E-state index in [-0.39, 0.29) is 16.5 Å². The van der Waals surface area contributed by atoms with Crippen molar-refractivity contribution in [2.24, 2.45) is 4.99 Å². The van der Waals surface area contributed by atoms with E-state index in [1.165, 1.54) is 16.4 Å². The summed E-state index contributed by atoms with van der Waals surface area (Å²) in [6, 6.07) is 14.8. The van der Waals surface area contributed by atoms with E-state index >= 15 is 0 Å². The molecule has 3 rings (SSSR count). The van der Waals surface area contributed by atoms with E-state index in [1.54, 1.807) is 56.3 Å². The van der Waals surface area contributed by atoms with Gasteiger partial charge in [-0.2, -0.15) is 9.57 Å². The van der Waals surface area contributed by atoms with Gasteiger partial charge in [0.15, 0.2) is 5.70 Å². The summed E-state index contributed by atoms with van der Waals surface area (Å²) in [5, 5.41) is 8.84. The fraction of sp³-hybridized carbons (Fsp3) is 0.190. The molecule has 0 atom stereocenters. The zero-order chi connectivity index (χ0) is 21.0. The predicted molar refractivity (Wildman–Crippen MR) is 108 cm³/mol. The number of esters is 1. The van der Waals surface area contributed by atoms with Crippen molar-refractivity contribution < 1.29 is 17.9 Å². The Kier molecular flexibility index (Phi) is 5.92. The molecule has 0 unspecified atom stereocenters. The summed E-state index contributed by atoms with van der Waals surface area (Å²) in [4.78, 5) is 16.5.